The second-order valence-corrected chi connectivity index (χ2v) is 4.97. The highest BCUT2D eigenvalue weighted by Gasteiger charge is 2.22. The molecule has 19 heavy (non-hydrogen) atoms. The van der Waals surface area contributed by atoms with Crippen LogP contribution in [-0.4, -0.2) is 25.8 Å². The van der Waals surface area contributed by atoms with Gasteiger partial charge >= 0.3 is 11.7 Å². The molecule has 2 aromatic heterocycles. The molecule has 7 nitrogen and oxygen atoms in total. The molecular formula is C11H11N3O4S. The van der Waals surface area contributed by atoms with E-state index in [1.807, 2.05) is 0 Å². The number of carboxylic acid groups (broad SMARTS) is 1. The van der Waals surface area contributed by atoms with E-state index in [4.69, 9.17) is 5.11 Å². The number of rotatable bonds is 4. The molecule has 8 heteroatoms. The van der Waals surface area contributed by atoms with Crippen molar-refractivity contribution < 1.29 is 14.8 Å². The summed E-state index contributed by atoms with van der Waals surface area (Å²) < 4.78 is 1.52. The van der Waals surface area contributed by atoms with E-state index in [0.717, 1.165) is 16.9 Å². The van der Waals surface area contributed by atoms with E-state index in [1.165, 1.54) is 4.68 Å². The van der Waals surface area contributed by atoms with Crippen molar-refractivity contribution >= 4 is 23.0 Å². The fourth-order valence-corrected chi connectivity index (χ4v) is 2.59. The second-order valence-electron chi connectivity index (χ2n) is 4.06. The topological polar surface area (TPSA) is 98.3 Å². The van der Waals surface area contributed by atoms with Crippen LogP contribution in [0.1, 0.15) is 26.6 Å². The molecule has 0 aliphatic heterocycles. The van der Waals surface area contributed by atoms with Gasteiger partial charge in [0.05, 0.1) is 11.5 Å². The zero-order valence-corrected chi connectivity index (χ0v) is 11.1. The van der Waals surface area contributed by atoms with Crippen LogP contribution in [0.4, 0.5) is 5.69 Å². The summed E-state index contributed by atoms with van der Waals surface area (Å²) in [6.45, 7) is 3.53. The van der Waals surface area contributed by atoms with Gasteiger partial charge in [0.2, 0.25) is 0 Å². The monoisotopic (exact) mass is 281 g/mol. The zero-order valence-electron chi connectivity index (χ0n) is 10.3. The SMILES string of the molecule is Cc1nn(Cc2csc(C(=O)O)c2)c(C)c1[N+](=O)[O-]. The van der Waals surface area contributed by atoms with Crippen molar-refractivity contribution in [1.29, 1.82) is 0 Å². The molecule has 2 heterocycles. The Labute approximate surface area is 112 Å². The third-order valence-electron chi connectivity index (χ3n) is 2.72. The summed E-state index contributed by atoms with van der Waals surface area (Å²) in [4.78, 5) is 21.4. The number of aryl methyl sites for hydroxylation is 1. The van der Waals surface area contributed by atoms with Crippen LogP contribution in [-0.2, 0) is 6.54 Å². The maximum Gasteiger partial charge on any atom is 0.345 e. The molecule has 0 saturated carbocycles. The number of carboxylic acids is 1. The summed E-state index contributed by atoms with van der Waals surface area (Å²) in [5.74, 6) is -0.976. The van der Waals surface area contributed by atoms with Crippen molar-refractivity contribution in [2.45, 2.75) is 20.4 Å². The molecule has 0 amide bonds. The van der Waals surface area contributed by atoms with Gasteiger partial charge in [-0.3, -0.25) is 14.8 Å². The summed E-state index contributed by atoms with van der Waals surface area (Å²) in [5.41, 5.74) is 1.60. The van der Waals surface area contributed by atoms with Crippen molar-refractivity contribution in [1.82, 2.24) is 9.78 Å². The minimum Gasteiger partial charge on any atom is -0.477 e. The van der Waals surface area contributed by atoms with E-state index in [1.54, 1.807) is 25.3 Å². The quantitative estimate of drug-likeness (QED) is 0.684. The first-order chi connectivity index (χ1) is 8.90. The molecule has 0 atom stereocenters. The van der Waals surface area contributed by atoms with Crippen molar-refractivity contribution in [2.75, 3.05) is 0 Å². The molecule has 0 saturated heterocycles. The minimum atomic E-state index is -0.976. The Morgan fingerprint density at radius 2 is 2.26 bits per heavy atom. The van der Waals surface area contributed by atoms with E-state index in [9.17, 15) is 14.9 Å². The standard InChI is InChI=1S/C11H11N3O4S/c1-6-10(14(17)18)7(2)13(12-6)4-8-3-9(11(15)16)19-5-8/h3,5H,4H2,1-2H3,(H,15,16). The number of nitro groups is 1. The van der Waals surface area contributed by atoms with Crippen molar-refractivity contribution in [2.24, 2.45) is 0 Å². The Hall–Kier alpha value is -2.22. The first-order valence-corrected chi connectivity index (χ1v) is 6.27. The number of hydrogen-bond acceptors (Lipinski definition) is 5. The van der Waals surface area contributed by atoms with Crippen LogP contribution in [0, 0.1) is 24.0 Å². The highest BCUT2D eigenvalue weighted by atomic mass is 32.1. The smallest absolute Gasteiger partial charge is 0.345 e. The maximum atomic E-state index is 10.9. The Bertz CT molecular complexity index is 659. The van der Waals surface area contributed by atoms with Gasteiger partial charge in [-0.1, -0.05) is 0 Å². The fourth-order valence-electron chi connectivity index (χ4n) is 1.85. The molecule has 2 aromatic rings. The molecule has 0 bridgehead atoms. The fraction of sp³-hybridized carbons (Fsp3) is 0.273. The average molecular weight is 281 g/mol. The van der Waals surface area contributed by atoms with Gasteiger partial charge in [0, 0.05) is 0 Å². The van der Waals surface area contributed by atoms with Crippen molar-refractivity contribution in [3.63, 3.8) is 0 Å². The van der Waals surface area contributed by atoms with Gasteiger partial charge in [-0.2, -0.15) is 5.10 Å². The van der Waals surface area contributed by atoms with Gasteiger partial charge < -0.3 is 5.11 Å². The summed E-state index contributed by atoms with van der Waals surface area (Å²) >= 11 is 1.13. The molecular weight excluding hydrogens is 270 g/mol. The van der Waals surface area contributed by atoms with Crippen LogP contribution in [0.2, 0.25) is 0 Å². The molecule has 100 valence electrons. The van der Waals surface area contributed by atoms with Gasteiger partial charge in [-0.25, -0.2) is 4.79 Å². The van der Waals surface area contributed by atoms with Gasteiger partial charge in [0.1, 0.15) is 16.3 Å². The van der Waals surface area contributed by atoms with Crippen LogP contribution in [0.15, 0.2) is 11.4 Å². The zero-order chi connectivity index (χ0) is 14.2. The predicted octanol–water partition coefficient (Wildman–Crippen LogP) is 2.22. The van der Waals surface area contributed by atoms with Gasteiger partial charge in [-0.05, 0) is 30.9 Å². The van der Waals surface area contributed by atoms with E-state index >= 15 is 0 Å². The highest BCUT2D eigenvalue weighted by Crippen LogP contribution is 2.23. The van der Waals surface area contributed by atoms with E-state index in [-0.39, 0.29) is 10.6 Å². The van der Waals surface area contributed by atoms with Crippen LogP contribution in [0.3, 0.4) is 0 Å². The molecule has 0 fully saturated rings. The third-order valence-corrected chi connectivity index (χ3v) is 3.69. The number of thiophene rings is 1. The lowest BCUT2D eigenvalue weighted by molar-refractivity contribution is -0.386. The van der Waals surface area contributed by atoms with E-state index < -0.39 is 10.9 Å². The first-order valence-electron chi connectivity index (χ1n) is 5.39. The molecule has 0 radical (unpaired) electrons. The number of nitrogens with zero attached hydrogens (tertiary/aromatic N) is 3. The van der Waals surface area contributed by atoms with Crippen LogP contribution in [0.25, 0.3) is 0 Å². The van der Waals surface area contributed by atoms with E-state index in [0.29, 0.717) is 17.9 Å². The summed E-state index contributed by atoms with van der Waals surface area (Å²) in [7, 11) is 0. The lowest BCUT2D eigenvalue weighted by atomic mass is 10.3. The van der Waals surface area contributed by atoms with Crippen LogP contribution in [0.5, 0.6) is 0 Å². The molecule has 0 aromatic carbocycles. The molecule has 0 aliphatic carbocycles. The van der Waals surface area contributed by atoms with Gasteiger partial charge in [0.15, 0.2) is 0 Å². The number of aromatic nitrogens is 2. The number of carbonyl (C=O) groups is 1. The summed E-state index contributed by atoms with van der Waals surface area (Å²) in [6, 6.07) is 1.55. The Morgan fingerprint density at radius 3 is 2.74 bits per heavy atom. The Morgan fingerprint density at radius 1 is 1.58 bits per heavy atom. The van der Waals surface area contributed by atoms with Crippen molar-refractivity contribution in [3.8, 4) is 0 Å². The number of aromatic carboxylic acids is 1. The average Bonchev–Trinajstić information content (AvgIpc) is 2.85. The Balaban J connectivity index is 2.31. The predicted molar refractivity (Wildman–Crippen MR) is 68.7 cm³/mol. The Kier molecular flexibility index (Phi) is 3.34. The van der Waals surface area contributed by atoms with Crippen LogP contribution < -0.4 is 0 Å². The molecule has 0 spiro atoms. The van der Waals surface area contributed by atoms with Gasteiger partial charge in [-0.15, -0.1) is 11.3 Å². The molecule has 1 N–H and O–H groups in total. The lowest BCUT2D eigenvalue weighted by Gasteiger charge is -2.00. The largest absolute Gasteiger partial charge is 0.477 e. The summed E-state index contributed by atoms with van der Waals surface area (Å²) in [6.07, 6.45) is 0. The highest BCUT2D eigenvalue weighted by molar-refractivity contribution is 7.12. The van der Waals surface area contributed by atoms with Gasteiger partial charge in [0.25, 0.3) is 0 Å². The second kappa shape index (κ2) is 4.81. The minimum absolute atomic E-state index is 0.00804. The first kappa shape index (κ1) is 13.2. The molecule has 0 aliphatic rings. The van der Waals surface area contributed by atoms with Crippen LogP contribution >= 0.6 is 11.3 Å². The maximum absolute atomic E-state index is 10.9. The third kappa shape index (κ3) is 2.48. The molecule has 0 unspecified atom stereocenters. The lowest BCUT2D eigenvalue weighted by Crippen LogP contribution is -2.03. The normalized spacial score (nSPS) is 10.6. The summed E-state index contributed by atoms with van der Waals surface area (Å²) in [5, 5.41) is 25.5. The van der Waals surface area contributed by atoms with E-state index in [2.05, 4.69) is 5.10 Å². The number of hydrogen-bond donors (Lipinski definition) is 1. The molecule has 2 rings (SSSR count). The van der Waals surface area contributed by atoms with Crippen molar-refractivity contribution in [3.05, 3.63) is 43.4 Å².